The highest BCUT2D eigenvalue weighted by Crippen LogP contribution is 2.17. The van der Waals surface area contributed by atoms with Gasteiger partial charge in [0.2, 0.25) is 0 Å². The third kappa shape index (κ3) is 2.51. The second kappa shape index (κ2) is 4.80. The maximum absolute atomic E-state index is 11.9. The monoisotopic (exact) mass is 230 g/mol. The fraction of sp³-hybridized carbons (Fsp3) is 0.167. The van der Waals surface area contributed by atoms with Crippen LogP contribution in [-0.2, 0) is 6.42 Å². The first-order valence-electron chi connectivity index (χ1n) is 5.15. The van der Waals surface area contributed by atoms with Crippen LogP contribution >= 0.6 is 0 Å². The van der Waals surface area contributed by atoms with Gasteiger partial charge in [0.25, 0.3) is 0 Å². The summed E-state index contributed by atoms with van der Waals surface area (Å²) in [5.41, 5.74) is 6.68. The highest BCUT2D eigenvalue weighted by molar-refractivity contribution is 6.02. The van der Waals surface area contributed by atoms with Crippen LogP contribution in [0.2, 0.25) is 0 Å². The fourth-order valence-corrected chi connectivity index (χ4v) is 1.55. The van der Waals surface area contributed by atoms with Crippen molar-refractivity contribution in [3.8, 4) is 5.75 Å². The molecule has 0 amide bonds. The summed E-state index contributed by atoms with van der Waals surface area (Å²) in [6, 6.07) is 6.52. The largest absolute Gasteiger partial charge is 0.507 e. The van der Waals surface area contributed by atoms with Gasteiger partial charge < -0.3 is 15.8 Å². The molecule has 2 aromatic rings. The molecular weight excluding hydrogens is 218 g/mol. The molecule has 17 heavy (non-hydrogen) atoms. The number of Topliss-reactive ketones (excluding diaryl/α,β-unsaturated/α-hetero) is 1. The van der Waals surface area contributed by atoms with Crippen LogP contribution < -0.4 is 5.73 Å². The lowest BCUT2D eigenvalue weighted by Gasteiger charge is -2.09. The highest BCUT2D eigenvalue weighted by atomic mass is 16.3. The molecule has 1 heterocycles. The number of phenolic OH excluding ortho intramolecular Hbond substituents is 1. The predicted molar refractivity (Wildman–Crippen MR) is 61.5 cm³/mol. The van der Waals surface area contributed by atoms with Gasteiger partial charge in [-0.25, -0.2) is 4.98 Å². The normalized spacial score (nSPS) is 12.3. The molecule has 0 spiro atoms. The SMILES string of the molecule is N[C@@H](Cc1c[nH]cn1)C(=O)c1ccc[c]c1O. The Morgan fingerprint density at radius 1 is 1.65 bits per heavy atom. The maximum atomic E-state index is 11.9. The summed E-state index contributed by atoms with van der Waals surface area (Å²) < 4.78 is 0. The minimum atomic E-state index is -0.722. The molecule has 87 valence electrons. The van der Waals surface area contributed by atoms with Crippen LogP contribution in [0.25, 0.3) is 0 Å². The Hall–Kier alpha value is -2.14. The van der Waals surface area contributed by atoms with E-state index in [1.807, 2.05) is 0 Å². The average molecular weight is 230 g/mol. The van der Waals surface area contributed by atoms with Crippen LogP contribution in [0.4, 0.5) is 0 Å². The third-order valence-electron chi connectivity index (χ3n) is 2.42. The number of nitrogens with two attached hydrogens (primary N) is 1. The molecule has 5 nitrogen and oxygen atoms in total. The van der Waals surface area contributed by atoms with Crippen molar-refractivity contribution in [3.05, 3.63) is 48.0 Å². The smallest absolute Gasteiger partial charge is 0.183 e. The Labute approximate surface area is 98.3 Å². The Balaban J connectivity index is 2.13. The zero-order chi connectivity index (χ0) is 12.3. The van der Waals surface area contributed by atoms with Crippen LogP contribution in [0, 0.1) is 6.07 Å². The molecule has 0 saturated carbocycles. The molecular formula is C12H12N3O2. The molecule has 0 aliphatic rings. The first-order valence-corrected chi connectivity index (χ1v) is 5.15. The van der Waals surface area contributed by atoms with Crippen molar-refractivity contribution >= 4 is 5.78 Å². The highest BCUT2D eigenvalue weighted by Gasteiger charge is 2.19. The number of carbonyl (C=O) groups excluding carboxylic acids is 1. The molecule has 1 radical (unpaired) electrons. The number of hydrogen-bond donors (Lipinski definition) is 3. The van der Waals surface area contributed by atoms with Gasteiger partial charge in [-0.05, 0) is 6.07 Å². The summed E-state index contributed by atoms with van der Waals surface area (Å²) in [5.74, 6) is -0.489. The number of phenols is 1. The number of benzene rings is 1. The number of imidazole rings is 1. The van der Waals surface area contributed by atoms with Crippen LogP contribution in [0.5, 0.6) is 5.75 Å². The lowest BCUT2D eigenvalue weighted by molar-refractivity contribution is 0.0958. The predicted octanol–water partition coefficient (Wildman–Crippen LogP) is 0.668. The zero-order valence-electron chi connectivity index (χ0n) is 9.05. The summed E-state index contributed by atoms with van der Waals surface area (Å²) >= 11 is 0. The number of aromatic hydroxyl groups is 1. The van der Waals surface area contributed by atoms with Gasteiger partial charge in [0.1, 0.15) is 5.75 Å². The number of aromatic nitrogens is 2. The van der Waals surface area contributed by atoms with Gasteiger partial charge in [0.15, 0.2) is 5.78 Å². The maximum Gasteiger partial charge on any atom is 0.183 e. The van der Waals surface area contributed by atoms with Crippen molar-refractivity contribution in [1.29, 1.82) is 0 Å². The second-order valence-corrected chi connectivity index (χ2v) is 3.67. The number of hydrogen-bond acceptors (Lipinski definition) is 4. The van der Waals surface area contributed by atoms with Gasteiger partial charge >= 0.3 is 0 Å². The van der Waals surface area contributed by atoms with Gasteiger partial charge in [-0.15, -0.1) is 0 Å². The summed E-state index contributed by atoms with van der Waals surface area (Å²) in [5, 5.41) is 9.50. The number of para-hydroxylation sites is 1. The van der Waals surface area contributed by atoms with Crippen LogP contribution in [0.3, 0.4) is 0 Å². The van der Waals surface area contributed by atoms with E-state index in [1.165, 1.54) is 18.5 Å². The van der Waals surface area contributed by atoms with E-state index in [0.29, 0.717) is 12.1 Å². The van der Waals surface area contributed by atoms with Gasteiger partial charge in [-0.3, -0.25) is 4.79 Å². The number of rotatable bonds is 4. The fourth-order valence-electron chi connectivity index (χ4n) is 1.55. The molecule has 0 fully saturated rings. The van der Waals surface area contributed by atoms with Crippen molar-refractivity contribution < 1.29 is 9.90 Å². The molecule has 0 aliphatic carbocycles. The molecule has 1 aromatic heterocycles. The summed E-state index contributed by atoms with van der Waals surface area (Å²) in [6.07, 6.45) is 3.54. The standard InChI is InChI=1S/C12H12N3O2/c13-10(5-8-6-14-7-15-8)12(17)9-3-1-2-4-11(9)16/h1-3,6-7,10,16H,5,13H2,(H,14,15)/t10-/m0/s1. The minimum Gasteiger partial charge on any atom is -0.507 e. The van der Waals surface area contributed by atoms with Crippen molar-refractivity contribution in [2.75, 3.05) is 0 Å². The van der Waals surface area contributed by atoms with E-state index in [9.17, 15) is 9.90 Å². The van der Waals surface area contributed by atoms with Gasteiger partial charge in [-0.2, -0.15) is 0 Å². The zero-order valence-corrected chi connectivity index (χ0v) is 9.05. The van der Waals surface area contributed by atoms with Gasteiger partial charge in [-0.1, -0.05) is 12.1 Å². The third-order valence-corrected chi connectivity index (χ3v) is 2.42. The van der Waals surface area contributed by atoms with Gasteiger partial charge in [0.05, 0.1) is 23.6 Å². The topological polar surface area (TPSA) is 92.0 Å². The van der Waals surface area contributed by atoms with Crippen LogP contribution in [-0.4, -0.2) is 26.9 Å². The van der Waals surface area contributed by atoms with Crippen molar-refractivity contribution in [2.45, 2.75) is 12.5 Å². The number of H-pyrrole nitrogens is 1. The first-order chi connectivity index (χ1) is 8.18. The summed E-state index contributed by atoms with van der Waals surface area (Å²) in [4.78, 5) is 18.7. The summed E-state index contributed by atoms with van der Waals surface area (Å²) in [6.45, 7) is 0. The van der Waals surface area contributed by atoms with E-state index < -0.39 is 6.04 Å². The number of ketones is 1. The molecule has 2 rings (SSSR count). The molecule has 0 bridgehead atoms. The molecule has 1 aromatic carbocycles. The van der Waals surface area contributed by atoms with E-state index in [0.717, 1.165) is 0 Å². The van der Waals surface area contributed by atoms with Crippen LogP contribution in [0.1, 0.15) is 16.1 Å². The van der Waals surface area contributed by atoms with E-state index in [4.69, 9.17) is 5.73 Å². The molecule has 0 saturated heterocycles. The Morgan fingerprint density at radius 2 is 2.47 bits per heavy atom. The molecule has 0 aliphatic heterocycles. The lowest BCUT2D eigenvalue weighted by Crippen LogP contribution is -2.32. The number of nitrogens with zero attached hydrogens (tertiary/aromatic N) is 1. The molecule has 1 atom stereocenters. The second-order valence-electron chi connectivity index (χ2n) is 3.67. The lowest BCUT2D eigenvalue weighted by atomic mass is 10.0. The van der Waals surface area contributed by atoms with Crippen LogP contribution in [0.15, 0.2) is 30.7 Å². The molecule has 4 N–H and O–H groups in total. The van der Waals surface area contributed by atoms with E-state index in [-0.39, 0.29) is 17.1 Å². The average Bonchev–Trinajstić information content (AvgIpc) is 2.81. The molecule has 5 heteroatoms. The summed E-state index contributed by atoms with van der Waals surface area (Å²) in [7, 11) is 0. The number of nitrogens with one attached hydrogen (secondary N) is 1. The Morgan fingerprint density at radius 3 is 3.12 bits per heavy atom. The van der Waals surface area contributed by atoms with Crippen molar-refractivity contribution in [2.24, 2.45) is 5.73 Å². The number of aromatic amines is 1. The van der Waals surface area contributed by atoms with E-state index in [1.54, 1.807) is 12.3 Å². The van der Waals surface area contributed by atoms with E-state index >= 15 is 0 Å². The number of carbonyl (C=O) groups is 1. The van der Waals surface area contributed by atoms with Crippen molar-refractivity contribution in [3.63, 3.8) is 0 Å². The quantitative estimate of drug-likeness (QED) is 0.673. The minimum absolute atomic E-state index is 0.171. The van der Waals surface area contributed by atoms with E-state index in [2.05, 4.69) is 16.0 Å². The Kier molecular flexibility index (Phi) is 3.20. The molecule has 0 unspecified atom stereocenters. The first kappa shape index (κ1) is 11.3. The Bertz CT molecular complexity index is 508. The van der Waals surface area contributed by atoms with Crippen molar-refractivity contribution in [1.82, 2.24) is 9.97 Å². The van der Waals surface area contributed by atoms with Gasteiger partial charge in [0, 0.05) is 18.7 Å².